The van der Waals surface area contributed by atoms with Gasteiger partial charge in [0.05, 0.1) is 6.04 Å². The molecule has 4 rings (SSSR count). The first-order valence-electron chi connectivity index (χ1n) is 8.83. The maximum atomic E-state index is 13.9. The van der Waals surface area contributed by atoms with E-state index in [1.165, 1.54) is 17.0 Å². The molecule has 1 unspecified atom stereocenters. The highest BCUT2D eigenvalue weighted by Crippen LogP contribution is 2.38. The number of aryl methyl sites for hydroxylation is 1. The van der Waals surface area contributed by atoms with E-state index in [0.717, 1.165) is 29.6 Å². The third-order valence-electron chi connectivity index (χ3n) is 5.04. The molecule has 4 heteroatoms. The van der Waals surface area contributed by atoms with Crippen molar-refractivity contribution in [3.63, 3.8) is 0 Å². The molecule has 0 saturated carbocycles. The smallest absolute Gasteiger partial charge is 0.223 e. The van der Waals surface area contributed by atoms with Crippen LogP contribution >= 0.6 is 0 Å². The molecule has 0 spiro atoms. The molecule has 3 nitrogen and oxygen atoms in total. The highest BCUT2D eigenvalue weighted by atomic mass is 19.1. The van der Waals surface area contributed by atoms with Gasteiger partial charge in [0.25, 0.3) is 0 Å². The fraction of sp³-hybridized carbons (Fsp3) is 0.286. The van der Waals surface area contributed by atoms with Crippen LogP contribution in [0.1, 0.15) is 42.6 Å². The van der Waals surface area contributed by atoms with Gasteiger partial charge in [0.2, 0.25) is 5.91 Å². The molecule has 1 aliphatic heterocycles. The maximum absolute atomic E-state index is 13.9. The second-order valence-corrected chi connectivity index (χ2v) is 6.56. The van der Waals surface area contributed by atoms with E-state index in [1.807, 2.05) is 30.0 Å². The van der Waals surface area contributed by atoms with Crippen LogP contribution in [0, 0.1) is 5.82 Å². The summed E-state index contributed by atoms with van der Waals surface area (Å²) >= 11 is 0. The number of fused-ring (bicyclic) bond motifs is 3. The zero-order valence-electron chi connectivity index (χ0n) is 14.3. The van der Waals surface area contributed by atoms with Crippen molar-refractivity contribution in [3.8, 4) is 0 Å². The minimum Gasteiger partial charge on any atom is -0.356 e. The Balaban J connectivity index is 1.95. The molecule has 0 bridgehead atoms. The van der Waals surface area contributed by atoms with Gasteiger partial charge in [-0.2, -0.15) is 0 Å². The van der Waals surface area contributed by atoms with Crippen LogP contribution in [0.15, 0.2) is 48.5 Å². The molecule has 2 heterocycles. The Kier molecular flexibility index (Phi) is 4.04. The van der Waals surface area contributed by atoms with Crippen molar-refractivity contribution in [2.24, 2.45) is 0 Å². The van der Waals surface area contributed by atoms with Gasteiger partial charge in [-0.25, -0.2) is 4.39 Å². The van der Waals surface area contributed by atoms with Crippen molar-refractivity contribution in [1.82, 2.24) is 9.88 Å². The Hall–Kier alpha value is -2.62. The van der Waals surface area contributed by atoms with Gasteiger partial charge in [0.1, 0.15) is 5.82 Å². The predicted molar refractivity (Wildman–Crippen MR) is 96.9 cm³/mol. The van der Waals surface area contributed by atoms with Crippen LogP contribution < -0.4 is 0 Å². The number of carbonyl (C=O) groups is 1. The molecular weight excluding hydrogens is 315 g/mol. The lowest BCUT2D eigenvalue weighted by molar-refractivity contribution is -0.132. The second kappa shape index (κ2) is 6.36. The Bertz CT molecular complexity index is 931. The van der Waals surface area contributed by atoms with Crippen molar-refractivity contribution in [2.45, 2.75) is 32.2 Å². The first-order chi connectivity index (χ1) is 12.2. The number of H-pyrrole nitrogens is 1. The standard InChI is InChI=1S/C21H21FN2O/c1-2-19(25)24-12-6-10-17-16-9-3-4-11-18(16)23-20(17)21(24)14-7-5-8-15(22)13-14/h3-5,7-9,11,13,21,23H,2,6,10,12H2,1H3. The number of carbonyl (C=O) groups excluding carboxylic acids is 1. The van der Waals surface area contributed by atoms with Gasteiger partial charge >= 0.3 is 0 Å². The third-order valence-corrected chi connectivity index (χ3v) is 5.04. The first-order valence-corrected chi connectivity index (χ1v) is 8.83. The second-order valence-electron chi connectivity index (χ2n) is 6.56. The van der Waals surface area contributed by atoms with Gasteiger partial charge in [-0.1, -0.05) is 37.3 Å². The molecule has 1 N–H and O–H groups in total. The number of rotatable bonds is 2. The minimum absolute atomic E-state index is 0.0979. The van der Waals surface area contributed by atoms with E-state index in [2.05, 4.69) is 17.1 Å². The molecule has 2 aromatic carbocycles. The zero-order chi connectivity index (χ0) is 17.4. The number of nitrogens with one attached hydrogen (secondary N) is 1. The quantitative estimate of drug-likeness (QED) is 0.730. The van der Waals surface area contributed by atoms with Crippen LogP contribution in [0.2, 0.25) is 0 Å². The zero-order valence-corrected chi connectivity index (χ0v) is 14.3. The first kappa shape index (κ1) is 15.9. The molecule has 1 amide bonds. The Morgan fingerprint density at radius 1 is 1.24 bits per heavy atom. The molecule has 1 aromatic heterocycles. The number of hydrogen-bond acceptors (Lipinski definition) is 1. The predicted octanol–water partition coefficient (Wildman–Crippen LogP) is 4.58. The number of halogens is 1. The van der Waals surface area contributed by atoms with Gasteiger partial charge in [-0.3, -0.25) is 4.79 Å². The molecule has 0 saturated heterocycles. The fourth-order valence-corrected chi connectivity index (χ4v) is 3.93. The van der Waals surface area contributed by atoms with Crippen LogP contribution in [0.25, 0.3) is 10.9 Å². The molecule has 1 atom stereocenters. The third kappa shape index (κ3) is 2.72. The molecule has 1 aliphatic rings. The van der Waals surface area contributed by atoms with E-state index in [0.29, 0.717) is 13.0 Å². The average molecular weight is 336 g/mol. The summed E-state index contributed by atoms with van der Waals surface area (Å²) in [6, 6.07) is 14.5. The Morgan fingerprint density at radius 2 is 2.08 bits per heavy atom. The van der Waals surface area contributed by atoms with Crippen molar-refractivity contribution < 1.29 is 9.18 Å². The molecule has 0 fully saturated rings. The SMILES string of the molecule is CCC(=O)N1CCCc2c([nH]c3ccccc23)C1c1cccc(F)c1. The molecule has 25 heavy (non-hydrogen) atoms. The normalized spacial score (nSPS) is 17.4. The van der Waals surface area contributed by atoms with Gasteiger partial charge in [0, 0.05) is 29.6 Å². The monoisotopic (exact) mass is 336 g/mol. The van der Waals surface area contributed by atoms with E-state index in [1.54, 1.807) is 12.1 Å². The molecule has 0 aliphatic carbocycles. The lowest BCUT2D eigenvalue weighted by Crippen LogP contribution is -2.35. The minimum atomic E-state index is -0.275. The van der Waals surface area contributed by atoms with E-state index >= 15 is 0 Å². The summed E-state index contributed by atoms with van der Waals surface area (Å²) in [7, 11) is 0. The number of benzene rings is 2. The van der Waals surface area contributed by atoms with Gasteiger partial charge in [0.15, 0.2) is 0 Å². The molecule has 128 valence electrons. The number of nitrogens with zero attached hydrogens (tertiary/aromatic N) is 1. The van der Waals surface area contributed by atoms with Crippen LogP contribution in [0.5, 0.6) is 0 Å². The summed E-state index contributed by atoms with van der Waals surface area (Å²) in [6.07, 6.45) is 2.27. The lowest BCUT2D eigenvalue weighted by atomic mass is 9.98. The summed E-state index contributed by atoms with van der Waals surface area (Å²) in [5, 5.41) is 1.20. The highest BCUT2D eigenvalue weighted by Gasteiger charge is 2.32. The fourth-order valence-electron chi connectivity index (χ4n) is 3.93. The summed E-state index contributed by atoms with van der Waals surface area (Å²) in [5.41, 5.74) is 4.15. The maximum Gasteiger partial charge on any atom is 0.223 e. The van der Waals surface area contributed by atoms with Crippen LogP contribution in [-0.4, -0.2) is 22.3 Å². The Labute approximate surface area is 146 Å². The lowest BCUT2D eigenvalue weighted by Gasteiger charge is -2.30. The van der Waals surface area contributed by atoms with Gasteiger partial charge < -0.3 is 9.88 Å². The summed E-state index contributed by atoms with van der Waals surface area (Å²) < 4.78 is 13.9. The summed E-state index contributed by atoms with van der Waals surface area (Å²) in [5.74, 6) is -0.177. The van der Waals surface area contributed by atoms with Crippen molar-refractivity contribution >= 4 is 16.8 Å². The van der Waals surface area contributed by atoms with Gasteiger partial charge in [-0.15, -0.1) is 0 Å². The summed E-state index contributed by atoms with van der Waals surface area (Å²) in [4.78, 5) is 18.0. The number of aromatic nitrogens is 1. The van der Waals surface area contributed by atoms with Crippen molar-refractivity contribution in [3.05, 3.63) is 71.2 Å². The topological polar surface area (TPSA) is 36.1 Å². The summed E-state index contributed by atoms with van der Waals surface area (Å²) in [6.45, 7) is 2.56. The van der Waals surface area contributed by atoms with Crippen molar-refractivity contribution in [1.29, 1.82) is 0 Å². The number of aromatic amines is 1. The van der Waals surface area contributed by atoms with Crippen LogP contribution in [0.4, 0.5) is 4.39 Å². The Morgan fingerprint density at radius 3 is 2.88 bits per heavy atom. The van der Waals surface area contributed by atoms with E-state index < -0.39 is 0 Å². The molecular formula is C21H21FN2O. The average Bonchev–Trinajstić information content (AvgIpc) is 2.87. The largest absolute Gasteiger partial charge is 0.356 e. The number of hydrogen-bond donors (Lipinski definition) is 1. The van der Waals surface area contributed by atoms with Crippen molar-refractivity contribution in [2.75, 3.05) is 6.54 Å². The van der Waals surface area contributed by atoms with Crippen LogP contribution in [0.3, 0.4) is 0 Å². The van der Waals surface area contributed by atoms with E-state index in [4.69, 9.17) is 0 Å². The van der Waals surface area contributed by atoms with Crippen LogP contribution in [-0.2, 0) is 11.2 Å². The van der Waals surface area contributed by atoms with E-state index in [9.17, 15) is 9.18 Å². The van der Waals surface area contributed by atoms with Gasteiger partial charge in [-0.05, 0) is 42.2 Å². The molecule has 3 aromatic rings. The van der Waals surface area contributed by atoms with E-state index in [-0.39, 0.29) is 17.8 Å². The molecule has 0 radical (unpaired) electrons. The highest BCUT2D eigenvalue weighted by molar-refractivity contribution is 5.86. The number of amides is 1. The number of para-hydroxylation sites is 1.